The minimum atomic E-state index is -0.239. The van der Waals surface area contributed by atoms with Crippen LogP contribution in [-0.4, -0.2) is 10.1 Å². The maximum Gasteiger partial charge on any atom is 0.155 e. The molecule has 0 aliphatic rings. The zero-order valence-corrected chi connectivity index (χ0v) is 8.00. The van der Waals surface area contributed by atoms with Gasteiger partial charge >= 0.3 is 0 Å². The van der Waals surface area contributed by atoms with Crippen molar-refractivity contribution < 1.29 is 5.11 Å². The van der Waals surface area contributed by atoms with Crippen molar-refractivity contribution >= 4 is 0 Å². The number of rotatable bonds is 0. The van der Waals surface area contributed by atoms with Gasteiger partial charge in [-0.1, -0.05) is 20.8 Å². The first kappa shape index (κ1) is 9.53. The Hall–Kier alpha value is -1.56. The number of nitrogens with zero attached hydrogens (tertiary/aromatic N) is 2. The van der Waals surface area contributed by atoms with Crippen LogP contribution in [0.4, 0.5) is 0 Å². The van der Waals surface area contributed by atoms with E-state index < -0.39 is 0 Å². The maximum atomic E-state index is 9.64. The second kappa shape index (κ2) is 3.06. The standard InChI is InChI=1S/C10H12N2O/c1-10(2,3)9-8(13)7(6-11)4-5-12-9/h4-5,13H,1-3H3. The lowest BCUT2D eigenvalue weighted by atomic mass is 9.90. The van der Waals surface area contributed by atoms with Crippen LogP contribution in [0.15, 0.2) is 12.3 Å². The van der Waals surface area contributed by atoms with Gasteiger partial charge in [-0.05, 0) is 6.07 Å². The van der Waals surface area contributed by atoms with E-state index in [1.54, 1.807) is 6.20 Å². The Balaban J connectivity index is 3.34. The largest absolute Gasteiger partial charge is 0.505 e. The summed E-state index contributed by atoms with van der Waals surface area (Å²) in [5.74, 6) is -0.00231. The van der Waals surface area contributed by atoms with Gasteiger partial charge in [0.1, 0.15) is 6.07 Å². The number of nitriles is 1. The first-order valence-corrected chi connectivity index (χ1v) is 4.05. The predicted molar refractivity (Wildman–Crippen MR) is 49.3 cm³/mol. The van der Waals surface area contributed by atoms with Crippen molar-refractivity contribution in [1.82, 2.24) is 4.98 Å². The monoisotopic (exact) mass is 176 g/mol. The van der Waals surface area contributed by atoms with E-state index in [-0.39, 0.29) is 16.7 Å². The summed E-state index contributed by atoms with van der Waals surface area (Å²) < 4.78 is 0. The van der Waals surface area contributed by atoms with Crippen LogP contribution in [-0.2, 0) is 5.41 Å². The van der Waals surface area contributed by atoms with E-state index in [2.05, 4.69) is 4.98 Å². The molecule has 0 aromatic carbocycles. The van der Waals surface area contributed by atoms with E-state index in [0.29, 0.717) is 5.69 Å². The van der Waals surface area contributed by atoms with E-state index >= 15 is 0 Å². The molecule has 0 radical (unpaired) electrons. The fraction of sp³-hybridized carbons (Fsp3) is 0.400. The number of aromatic nitrogens is 1. The SMILES string of the molecule is CC(C)(C)c1nccc(C#N)c1O. The summed E-state index contributed by atoms with van der Waals surface area (Å²) in [6.45, 7) is 5.82. The van der Waals surface area contributed by atoms with Crippen molar-refractivity contribution in [2.75, 3.05) is 0 Å². The van der Waals surface area contributed by atoms with E-state index in [1.165, 1.54) is 6.07 Å². The lowest BCUT2D eigenvalue weighted by Gasteiger charge is -2.18. The van der Waals surface area contributed by atoms with Crippen LogP contribution >= 0.6 is 0 Å². The van der Waals surface area contributed by atoms with Gasteiger partial charge in [-0.3, -0.25) is 4.98 Å². The minimum Gasteiger partial charge on any atom is -0.505 e. The van der Waals surface area contributed by atoms with Gasteiger partial charge < -0.3 is 5.11 Å². The molecular weight excluding hydrogens is 164 g/mol. The third-order valence-electron chi connectivity index (χ3n) is 1.76. The normalized spacial score (nSPS) is 10.9. The van der Waals surface area contributed by atoms with Crippen LogP contribution in [0.2, 0.25) is 0 Å². The van der Waals surface area contributed by atoms with Crippen LogP contribution in [0.1, 0.15) is 32.0 Å². The topological polar surface area (TPSA) is 56.9 Å². The molecule has 0 fully saturated rings. The molecule has 3 nitrogen and oxygen atoms in total. The average Bonchev–Trinajstić information content (AvgIpc) is 2.02. The van der Waals surface area contributed by atoms with Crippen LogP contribution in [0, 0.1) is 11.3 Å². The molecule has 0 unspecified atom stereocenters. The molecule has 68 valence electrons. The summed E-state index contributed by atoms with van der Waals surface area (Å²) in [6, 6.07) is 3.42. The van der Waals surface area contributed by atoms with Crippen molar-refractivity contribution in [1.29, 1.82) is 5.26 Å². The van der Waals surface area contributed by atoms with Crippen molar-refractivity contribution in [3.05, 3.63) is 23.5 Å². The van der Waals surface area contributed by atoms with Gasteiger partial charge in [0, 0.05) is 11.6 Å². The second-order valence-electron chi connectivity index (χ2n) is 3.92. The lowest BCUT2D eigenvalue weighted by molar-refractivity contribution is 0.436. The first-order valence-electron chi connectivity index (χ1n) is 4.05. The summed E-state index contributed by atoms with van der Waals surface area (Å²) >= 11 is 0. The molecule has 1 rings (SSSR count). The highest BCUT2D eigenvalue weighted by molar-refractivity contribution is 5.46. The lowest BCUT2D eigenvalue weighted by Crippen LogP contribution is -2.13. The van der Waals surface area contributed by atoms with Crippen LogP contribution in [0.5, 0.6) is 5.75 Å². The Bertz CT molecular complexity index is 358. The van der Waals surface area contributed by atoms with Gasteiger partial charge in [0.2, 0.25) is 0 Å². The zero-order chi connectivity index (χ0) is 10.1. The quantitative estimate of drug-likeness (QED) is 0.657. The average molecular weight is 176 g/mol. The summed E-state index contributed by atoms with van der Waals surface area (Å²) in [7, 11) is 0. The van der Waals surface area contributed by atoms with Crippen molar-refractivity contribution in [3.63, 3.8) is 0 Å². The number of hydrogen-bond donors (Lipinski definition) is 1. The molecule has 1 aromatic rings. The molecule has 0 bridgehead atoms. The molecule has 0 aliphatic carbocycles. The van der Waals surface area contributed by atoms with E-state index in [4.69, 9.17) is 5.26 Å². The fourth-order valence-corrected chi connectivity index (χ4v) is 1.09. The van der Waals surface area contributed by atoms with E-state index in [0.717, 1.165) is 0 Å². The molecule has 3 heteroatoms. The van der Waals surface area contributed by atoms with Crippen LogP contribution in [0.25, 0.3) is 0 Å². The Labute approximate surface area is 77.7 Å². The molecule has 0 aliphatic heterocycles. The Kier molecular flexibility index (Phi) is 2.24. The highest BCUT2D eigenvalue weighted by atomic mass is 16.3. The molecule has 0 saturated heterocycles. The summed E-state index contributed by atoms with van der Waals surface area (Å²) in [5, 5.41) is 18.3. The fourth-order valence-electron chi connectivity index (χ4n) is 1.09. The zero-order valence-electron chi connectivity index (χ0n) is 8.00. The molecule has 13 heavy (non-hydrogen) atoms. The summed E-state index contributed by atoms with van der Waals surface area (Å²) in [5.41, 5.74) is 0.600. The summed E-state index contributed by atoms with van der Waals surface area (Å²) in [6.07, 6.45) is 1.54. The van der Waals surface area contributed by atoms with Gasteiger partial charge in [0.25, 0.3) is 0 Å². The van der Waals surface area contributed by atoms with Gasteiger partial charge in [-0.25, -0.2) is 0 Å². The first-order chi connectivity index (χ1) is 5.96. The van der Waals surface area contributed by atoms with Crippen molar-refractivity contribution in [2.24, 2.45) is 0 Å². The molecule has 1 N–H and O–H groups in total. The molecule has 0 atom stereocenters. The van der Waals surface area contributed by atoms with E-state index in [9.17, 15) is 5.11 Å². The predicted octanol–water partition coefficient (Wildman–Crippen LogP) is 1.96. The second-order valence-corrected chi connectivity index (χ2v) is 3.92. The maximum absolute atomic E-state index is 9.64. The third-order valence-corrected chi connectivity index (χ3v) is 1.76. The smallest absolute Gasteiger partial charge is 0.155 e. The molecule has 1 aromatic heterocycles. The van der Waals surface area contributed by atoms with Crippen LogP contribution in [0.3, 0.4) is 0 Å². The Morgan fingerprint density at radius 1 is 1.46 bits per heavy atom. The Morgan fingerprint density at radius 3 is 2.54 bits per heavy atom. The molecule has 0 spiro atoms. The molecular formula is C10H12N2O. The van der Waals surface area contributed by atoms with Crippen molar-refractivity contribution in [2.45, 2.75) is 26.2 Å². The highest BCUT2D eigenvalue weighted by Crippen LogP contribution is 2.30. The highest BCUT2D eigenvalue weighted by Gasteiger charge is 2.21. The van der Waals surface area contributed by atoms with Crippen molar-refractivity contribution in [3.8, 4) is 11.8 Å². The van der Waals surface area contributed by atoms with Crippen LogP contribution < -0.4 is 0 Å². The molecule has 0 amide bonds. The summed E-state index contributed by atoms with van der Waals surface area (Å²) in [4.78, 5) is 4.06. The third kappa shape index (κ3) is 1.78. The number of pyridine rings is 1. The van der Waals surface area contributed by atoms with Gasteiger partial charge in [0.15, 0.2) is 5.75 Å². The Morgan fingerprint density at radius 2 is 2.08 bits per heavy atom. The molecule has 0 saturated carbocycles. The molecule has 1 heterocycles. The number of hydrogen-bond acceptors (Lipinski definition) is 3. The van der Waals surface area contributed by atoms with E-state index in [1.807, 2.05) is 26.8 Å². The minimum absolute atomic E-state index is 0.00231. The van der Waals surface area contributed by atoms with Gasteiger partial charge in [0.05, 0.1) is 11.3 Å². The van der Waals surface area contributed by atoms with Gasteiger partial charge in [-0.15, -0.1) is 0 Å². The van der Waals surface area contributed by atoms with Gasteiger partial charge in [-0.2, -0.15) is 5.26 Å². The number of aromatic hydroxyl groups is 1.